The van der Waals surface area contributed by atoms with Crippen LogP contribution in [0.1, 0.15) is 25.1 Å². The first-order valence-corrected chi connectivity index (χ1v) is 6.62. The summed E-state index contributed by atoms with van der Waals surface area (Å²) in [7, 11) is 3.34. The molecule has 0 saturated heterocycles. The standard InChI is InChI=1S/C14H24N2O3/c1-4-15-12(7-9-19-11-10-17-2)14-13(18-3)6-5-8-16-14/h5-6,8,12,15H,4,7,9-11H2,1-3H3. The Morgan fingerprint density at radius 1 is 1.26 bits per heavy atom. The Morgan fingerprint density at radius 2 is 2.11 bits per heavy atom. The molecular weight excluding hydrogens is 244 g/mol. The molecule has 0 aromatic carbocycles. The summed E-state index contributed by atoms with van der Waals surface area (Å²) in [6.45, 7) is 4.87. The maximum atomic E-state index is 5.51. The molecule has 108 valence electrons. The van der Waals surface area contributed by atoms with E-state index in [1.54, 1.807) is 20.4 Å². The largest absolute Gasteiger partial charge is 0.495 e. The van der Waals surface area contributed by atoms with E-state index in [1.807, 2.05) is 12.1 Å². The quantitative estimate of drug-likeness (QED) is 0.656. The molecule has 5 nitrogen and oxygen atoms in total. The molecule has 0 saturated carbocycles. The van der Waals surface area contributed by atoms with Gasteiger partial charge in [-0.1, -0.05) is 6.92 Å². The third-order valence-electron chi connectivity index (χ3n) is 2.78. The number of aromatic nitrogens is 1. The minimum atomic E-state index is 0.142. The van der Waals surface area contributed by atoms with E-state index in [0.29, 0.717) is 19.8 Å². The van der Waals surface area contributed by atoms with Crippen LogP contribution in [0.15, 0.2) is 18.3 Å². The van der Waals surface area contributed by atoms with Gasteiger partial charge in [0.1, 0.15) is 5.75 Å². The van der Waals surface area contributed by atoms with Crippen LogP contribution in [0.2, 0.25) is 0 Å². The second-order valence-electron chi connectivity index (χ2n) is 4.10. The fraction of sp³-hybridized carbons (Fsp3) is 0.643. The second kappa shape index (κ2) is 9.72. The predicted octanol–water partition coefficient (Wildman–Crippen LogP) is 1.79. The fourth-order valence-electron chi connectivity index (χ4n) is 1.86. The highest BCUT2D eigenvalue weighted by atomic mass is 16.5. The van der Waals surface area contributed by atoms with E-state index < -0.39 is 0 Å². The molecule has 0 fully saturated rings. The van der Waals surface area contributed by atoms with Crippen molar-refractivity contribution in [2.45, 2.75) is 19.4 Å². The maximum Gasteiger partial charge on any atom is 0.141 e. The fourth-order valence-corrected chi connectivity index (χ4v) is 1.86. The van der Waals surface area contributed by atoms with Gasteiger partial charge in [0.15, 0.2) is 0 Å². The van der Waals surface area contributed by atoms with Crippen LogP contribution in [-0.2, 0) is 9.47 Å². The minimum absolute atomic E-state index is 0.142. The summed E-state index contributed by atoms with van der Waals surface area (Å²) in [6.07, 6.45) is 2.64. The topological polar surface area (TPSA) is 52.6 Å². The Morgan fingerprint density at radius 3 is 2.79 bits per heavy atom. The van der Waals surface area contributed by atoms with Crippen LogP contribution in [0.5, 0.6) is 5.75 Å². The second-order valence-corrected chi connectivity index (χ2v) is 4.10. The zero-order valence-corrected chi connectivity index (χ0v) is 12.0. The van der Waals surface area contributed by atoms with Gasteiger partial charge in [0.25, 0.3) is 0 Å². The molecule has 19 heavy (non-hydrogen) atoms. The third-order valence-corrected chi connectivity index (χ3v) is 2.78. The van der Waals surface area contributed by atoms with Crippen molar-refractivity contribution in [2.75, 3.05) is 40.6 Å². The molecule has 1 unspecified atom stereocenters. The van der Waals surface area contributed by atoms with E-state index in [-0.39, 0.29) is 6.04 Å². The number of ether oxygens (including phenoxy) is 3. The lowest BCUT2D eigenvalue weighted by Crippen LogP contribution is -2.24. The number of hydrogen-bond acceptors (Lipinski definition) is 5. The minimum Gasteiger partial charge on any atom is -0.495 e. The van der Waals surface area contributed by atoms with Crippen LogP contribution in [0.4, 0.5) is 0 Å². The summed E-state index contributed by atoms with van der Waals surface area (Å²) in [6, 6.07) is 3.95. The van der Waals surface area contributed by atoms with Gasteiger partial charge in [-0.15, -0.1) is 0 Å². The molecule has 0 bridgehead atoms. The third kappa shape index (κ3) is 5.55. The monoisotopic (exact) mass is 268 g/mol. The van der Waals surface area contributed by atoms with Crippen molar-refractivity contribution in [1.82, 2.24) is 10.3 Å². The van der Waals surface area contributed by atoms with Crippen LogP contribution in [0.25, 0.3) is 0 Å². The van der Waals surface area contributed by atoms with Crippen LogP contribution in [0, 0.1) is 0 Å². The van der Waals surface area contributed by atoms with Crippen molar-refractivity contribution in [1.29, 1.82) is 0 Å². The van der Waals surface area contributed by atoms with Crippen molar-refractivity contribution in [2.24, 2.45) is 0 Å². The van der Waals surface area contributed by atoms with E-state index in [0.717, 1.165) is 24.4 Å². The molecule has 0 spiro atoms. The summed E-state index contributed by atoms with van der Waals surface area (Å²) >= 11 is 0. The predicted molar refractivity (Wildman–Crippen MR) is 74.5 cm³/mol. The lowest BCUT2D eigenvalue weighted by atomic mass is 10.1. The summed E-state index contributed by atoms with van der Waals surface area (Å²) < 4.78 is 15.8. The highest BCUT2D eigenvalue weighted by Gasteiger charge is 2.16. The van der Waals surface area contributed by atoms with Gasteiger partial charge in [0.05, 0.1) is 32.1 Å². The van der Waals surface area contributed by atoms with Gasteiger partial charge < -0.3 is 19.5 Å². The van der Waals surface area contributed by atoms with E-state index in [4.69, 9.17) is 14.2 Å². The molecule has 1 aromatic rings. The van der Waals surface area contributed by atoms with Crippen LogP contribution >= 0.6 is 0 Å². The maximum absolute atomic E-state index is 5.51. The van der Waals surface area contributed by atoms with Crippen molar-refractivity contribution in [3.63, 3.8) is 0 Å². The molecule has 0 aliphatic heterocycles. The Hall–Kier alpha value is -1.17. The van der Waals surface area contributed by atoms with Crippen molar-refractivity contribution >= 4 is 0 Å². The first-order chi connectivity index (χ1) is 9.33. The normalized spacial score (nSPS) is 12.4. The van der Waals surface area contributed by atoms with Gasteiger partial charge in [0.2, 0.25) is 0 Å². The Kier molecular flexibility index (Phi) is 8.13. The molecule has 1 N–H and O–H groups in total. The summed E-state index contributed by atoms with van der Waals surface area (Å²) in [5.74, 6) is 0.811. The molecule has 1 atom stereocenters. The van der Waals surface area contributed by atoms with Crippen LogP contribution in [0.3, 0.4) is 0 Å². The zero-order valence-electron chi connectivity index (χ0n) is 12.0. The number of nitrogens with zero attached hydrogens (tertiary/aromatic N) is 1. The number of pyridine rings is 1. The van der Waals surface area contributed by atoms with E-state index in [2.05, 4.69) is 17.2 Å². The average molecular weight is 268 g/mol. The highest BCUT2D eigenvalue weighted by Crippen LogP contribution is 2.24. The van der Waals surface area contributed by atoms with Gasteiger partial charge in [-0.2, -0.15) is 0 Å². The smallest absolute Gasteiger partial charge is 0.141 e. The van der Waals surface area contributed by atoms with Gasteiger partial charge >= 0.3 is 0 Å². The highest BCUT2D eigenvalue weighted by molar-refractivity contribution is 5.29. The molecule has 1 heterocycles. The molecular formula is C14H24N2O3. The summed E-state index contributed by atoms with van der Waals surface area (Å²) in [5.41, 5.74) is 0.933. The van der Waals surface area contributed by atoms with Gasteiger partial charge in [-0.25, -0.2) is 0 Å². The van der Waals surface area contributed by atoms with Crippen molar-refractivity contribution < 1.29 is 14.2 Å². The van der Waals surface area contributed by atoms with Crippen LogP contribution in [-0.4, -0.2) is 45.6 Å². The number of hydrogen-bond donors (Lipinski definition) is 1. The first kappa shape index (κ1) is 15.9. The summed E-state index contributed by atoms with van der Waals surface area (Å²) in [4.78, 5) is 4.42. The number of nitrogens with one attached hydrogen (secondary N) is 1. The van der Waals surface area contributed by atoms with Crippen LogP contribution < -0.4 is 10.1 Å². The molecule has 0 amide bonds. The Labute approximate surface area is 115 Å². The molecule has 0 aliphatic rings. The zero-order chi connectivity index (χ0) is 13.9. The molecule has 1 aromatic heterocycles. The Bertz CT molecular complexity index is 347. The van der Waals surface area contributed by atoms with E-state index in [9.17, 15) is 0 Å². The molecule has 1 rings (SSSR count). The number of methoxy groups -OCH3 is 2. The summed E-state index contributed by atoms with van der Waals surface area (Å²) in [5, 5.41) is 3.41. The van der Waals surface area contributed by atoms with Crippen molar-refractivity contribution in [3.8, 4) is 5.75 Å². The first-order valence-electron chi connectivity index (χ1n) is 6.62. The molecule has 5 heteroatoms. The molecule has 0 aliphatic carbocycles. The lowest BCUT2D eigenvalue weighted by molar-refractivity contribution is 0.0655. The van der Waals surface area contributed by atoms with Gasteiger partial charge in [-0.3, -0.25) is 4.98 Å². The average Bonchev–Trinajstić information content (AvgIpc) is 2.46. The molecule has 0 radical (unpaired) electrons. The van der Waals surface area contributed by atoms with E-state index in [1.165, 1.54) is 0 Å². The Balaban J connectivity index is 2.55. The lowest BCUT2D eigenvalue weighted by Gasteiger charge is -2.19. The van der Waals surface area contributed by atoms with E-state index >= 15 is 0 Å². The number of rotatable bonds is 10. The van der Waals surface area contributed by atoms with Gasteiger partial charge in [0, 0.05) is 19.9 Å². The SMILES string of the molecule is CCNC(CCOCCOC)c1ncccc1OC. The van der Waals surface area contributed by atoms with Gasteiger partial charge in [-0.05, 0) is 25.1 Å². The van der Waals surface area contributed by atoms with Crippen molar-refractivity contribution in [3.05, 3.63) is 24.0 Å².